The van der Waals surface area contributed by atoms with Crippen LogP contribution in [-0.4, -0.2) is 37.0 Å². The van der Waals surface area contributed by atoms with Gasteiger partial charge in [0.25, 0.3) is 11.8 Å². The van der Waals surface area contributed by atoms with Crippen LogP contribution in [0, 0.1) is 6.92 Å². The first kappa shape index (κ1) is 17.7. The molecule has 0 aromatic heterocycles. The average Bonchev–Trinajstić information content (AvgIpc) is 2.50. The molecule has 2 amide bonds. The van der Waals surface area contributed by atoms with Crippen molar-refractivity contribution in [2.45, 2.75) is 33.2 Å². The van der Waals surface area contributed by atoms with Crippen LogP contribution in [-0.2, 0) is 14.3 Å². The first-order chi connectivity index (χ1) is 10.4. The predicted octanol–water partition coefficient (Wildman–Crippen LogP) is 1.18. The first-order valence-corrected chi connectivity index (χ1v) is 7.22. The van der Waals surface area contributed by atoms with Crippen LogP contribution in [0.2, 0.25) is 0 Å². The van der Waals surface area contributed by atoms with Crippen LogP contribution in [0.4, 0.5) is 0 Å². The van der Waals surface area contributed by atoms with Gasteiger partial charge in [-0.15, -0.1) is 0 Å². The van der Waals surface area contributed by atoms with Crippen LogP contribution < -0.4 is 10.6 Å². The second-order valence-corrected chi connectivity index (χ2v) is 5.09. The minimum atomic E-state index is -0.652. The molecule has 6 nitrogen and oxygen atoms in total. The summed E-state index contributed by atoms with van der Waals surface area (Å²) in [5.74, 6) is -1.36. The van der Waals surface area contributed by atoms with Crippen molar-refractivity contribution in [3.8, 4) is 0 Å². The molecule has 1 rings (SSSR count). The molecule has 0 fully saturated rings. The highest BCUT2D eigenvalue weighted by atomic mass is 16.5. The fraction of sp³-hybridized carbons (Fsp3) is 0.438. The Balaban J connectivity index is 2.31. The van der Waals surface area contributed by atoms with Crippen LogP contribution in [0.3, 0.4) is 0 Å². The van der Waals surface area contributed by atoms with E-state index < -0.39 is 5.97 Å². The highest BCUT2D eigenvalue weighted by molar-refractivity contribution is 5.96. The number of hydrogen-bond acceptors (Lipinski definition) is 4. The number of aryl methyl sites for hydroxylation is 1. The molecule has 1 aromatic carbocycles. The predicted molar refractivity (Wildman–Crippen MR) is 82.4 cm³/mol. The molecule has 0 spiro atoms. The van der Waals surface area contributed by atoms with E-state index in [1.807, 2.05) is 26.8 Å². The summed E-state index contributed by atoms with van der Waals surface area (Å²) >= 11 is 0. The Morgan fingerprint density at radius 1 is 1.27 bits per heavy atom. The molecule has 22 heavy (non-hydrogen) atoms. The molecule has 1 aromatic rings. The molecule has 1 atom stereocenters. The highest BCUT2D eigenvalue weighted by Crippen LogP contribution is 2.03. The molecular formula is C16H22N2O4. The van der Waals surface area contributed by atoms with Gasteiger partial charge < -0.3 is 15.4 Å². The van der Waals surface area contributed by atoms with Crippen molar-refractivity contribution < 1.29 is 19.1 Å². The number of rotatable bonds is 7. The standard InChI is InChI=1S/C16H22N2O4/c1-4-12(3)18-14(19)10-22-15(20)9-17-16(21)13-7-5-6-11(2)8-13/h5-8,12H,4,9-10H2,1-3H3,(H,17,21)(H,18,19)/t12-/m0/s1. The Hall–Kier alpha value is -2.37. The van der Waals surface area contributed by atoms with E-state index in [9.17, 15) is 14.4 Å². The molecular weight excluding hydrogens is 284 g/mol. The van der Waals surface area contributed by atoms with Crippen molar-refractivity contribution in [1.82, 2.24) is 10.6 Å². The van der Waals surface area contributed by atoms with Crippen LogP contribution in [0.5, 0.6) is 0 Å². The molecule has 0 aliphatic rings. The zero-order valence-electron chi connectivity index (χ0n) is 13.1. The van der Waals surface area contributed by atoms with Gasteiger partial charge in [0.05, 0.1) is 0 Å². The van der Waals surface area contributed by atoms with Crippen molar-refractivity contribution in [3.05, 3.63) is 35.4 Å². The zero-order valence-corrected chi connectivity index (χ0v) is 13.1. The van der Waals surface area contributed by atoms with Gasteiger partial charge in [0.1, 0.15) is 6.54 Å². The maximum absolute atomic E-state index is 11.8. The van der Waals surface area contributed by atoms with Gasteiger partial charge in [-0.25, -0.2) is 0 Å². The second-order valence-electron chi connectivity index (χ2n) is 5.09. The van der Waals surface area contributed by atoms with E-state index in [4.69, 9.17) is 4.74 Å². The largest absolute Gasteiger partial charge is 0.454 e. The summed E-state index contributed by atoms with van der Waals surface area (Å²) in [5, 5.41) is 5.13. The lowest BCUT2D eigenvalue weighted by molar-refractivity contribution is -0.147. The molecule has 0 saturated heterocycles. The number of carbonyl (C=O) groups is 3. The fourth-order valence-corrected chi connectivity index (χ4v) is 1.66. The molecule has 0 heterocycles. The molecule has 0 aliphatic heterocycles. The maximum atomic E-state index is 11.8. The van der Waals surface area contributed by atoms with E-state index >= 15 is 0 Å². The number of amides is 2. The van der Waals surface area contributed by atoms with E-state index in [0.29, 0.717) is 5.56 Å². The maximum Gasteiger partial charge on any atom is 0.325 e. The zero-order chi connectivity index (χ0) is 16.5. The minimum absolute atomic E-state index is 0.0345. The first-order valence-electron chi connectivity index (χ1n) is 7.22. The lowest BCUT2D eigenvalue weighted by Gasteiger charge is -2.11. The molecule has 0 bridgehead atoms. The summed E-state index contributed by atoms with van der Waals surface area (Å²) in [6.07, 6.45) is 0.798. The van der Waals surface area contributed by atoms with Gasteiger partial charge in [0, 0.05) is 11.6 Å². The molecule has 0 unspecified atom stereocenters. The summed E-state index contributed by atoms with van der Waals surface area (Å²) in [7, 11) is 0. The topological polar surface area (TPSA) is 84.5 Å². The van der Waals surface area contributed by atoms with Crippen LogP contribution in [0.15, 0.2) is 24.3 Å². The summed E-state index contributed by atoms with van der Waals surface area (Å²) in [6.45, 7) is 5.06. The van der Waals surface area contributed by atoms with Gasteiger partial charge in [0.15, 0.2) is 6.61 Å². The molecule has 0 saturated carbocycles. The number of esters is 1. The van der Waals surface area contributed by atoms with Gasteiger partial charge >= 0.3 is 5.97 Å². The lowest BCUT2D eigenvalue weighted by atomic mass is 10.1. The highest BCUT2D eigenvalue weighted by Gasteiger charge is 2.11. The SMILES string of the molecule is CC[C@H](C)NC(=O)COC(=O)CNC(=O)c1cccc(C)c1. The fourth-order valence-electron chi connectivity index (χ4n) is 1.66. The third kappa shape index (κ3) is 6.39. The average molecular weight is 306 g/mol. The Labute approximate surface area is 130 Å². The number of ether oxygens (including phenoxy) is 1. The molecule has 0 radical (unpaired) electrons. The number of carbonyl (C=O) groups excluding carboxylic acids is 3. The Morgan fingerprint density at radius 3 is 2.64 bits per heavy atom. The van der Waals surface area contributed by atoms with E-state index in [1.54, 1.807) is 18.2 Å². The summed E-state index contributed by atoms with van der Waals surface area (Å²) < 4.78 is 4.79. The minimum Gasteiger partial charge on any atom is -0.454 e. The van der Waals surface area contributed by atoms with Gasteiger partial charge in [0.2, 0.25) is 0 Å². The number of nitrogens with one attached hydrogen (secondary N) is 2. The van der Waals surface area contributed by atoms with Crippen molar-refractivity contribution >= 4 is 17.8 Å². The van der Waals surface area contributed by atoms with Crippen molar-refractivity contribution in [1.29, 1.82) is 0 Å². The quantitative estimate of drug-likeness (QED) is 0.741. The van der Waals surface area contributed by atoms with Gasteiger partial charge in [-0.3, -0.25) is 14.4 Å². The van der Waals surface area contributed by atoms with E-state index in [2.05, 4.69) is 10.6 Å². The van der Waals surface area contributed by atoms with Gasteiger partial charge in [-0.05, 0) is 32.4 Å². The van der Waals surface area contributed by atoms with Gasteiger partial charge in [-0.1, -0.05) is 24.6 Å². The Bertz CT molecular complexity index is 543. The van der Waals surface area contributed by atoms with Crippen molar-refractivity contribution in [3.63, 3.8) is 0 Å². The van der Waals surface area contributed by atoms with Crippen LogP contribution in [0.25, 0.3) is 0 Å². The molecule has 6 heteroatoms. The van der Waals surface area contributed by atoms with Gasteiger partial charge in [-0.2, -0.15) is 0 Å². The summed E-state index contributed by atoms with van der Waals surface area (Å²) in [4.78, 5) is 34.8. The third-order valence-electron chi connectivity index (χ3n) is 3.06. The normalized spacial score (nSPS) is 11.4. The molecule has 120 valence electrons. The Kier molecular flexibility index (Phi) is 7.08. The second kappa shape index (κ2) is 8.81. The smallest absolute Gasteiger partial charge is 0.325 e. The van der Waals surface area contributed by atoms with Crippen LogP contribution in [0.1, 0.15) is 36.2 Å². The van der Waals surface area contributed by atoms with E-state index in [1.165, 1.54) is 0 Å². The number of benzene rings is 1. The van der Waals surface area contributed by atoms with Crippen molar-refractivity contribution in [2.75, 3.05) is 13.2 Å². The van der Waals surface area contributed by atoms with Crippen LogP contribution >= 0.6 is 0 Å². The molecule has 2 N–H and O–H groups in total. The molecule has 0 aliphatic carbocycles. The van der Waals surface area contributed by atoms with E-state index in [0.717, 1.165) is 12.0 Å². The van der Waals surface area contributed by atoms with Crippen molar-refractivity contribution in [2.24, 2.45) is 0 Å². The monoisotopic (exact) mass is 306 g/mol. The Morgan fingerprint density at radius 2 is 2.00 bits per heavy atom. The lowest BCUT2D eigenvalue weighted by Crippen LogP contribution is -2.37. The summed E-state index contributed by atoms with van der Waals surface area (Å²) in [5.41, 5.74) is 1.43. The van der Waals surface area contributed by atoms with E-state index in [-0.39, 0.29) is 31.0 Å². The number of hydrogen-bond donors (Lipinski definition) is 2. The summed E-state index contributed by atoms with van der Waals surface area (Å²) in [6, 6.07) is 7.06. The third-order valence-corrected chi connectivity index (χ3v) is 3.06.